The average Bonchev–Trinajstić information content (AvgIpc) is 2.28. The zero-order chi connectivity index (χ0) is 12.1. The van der Waals surface area contributed by atoms with Crippen LogP contribution in [0.2, 0.25) is 15.1 Å². The minimum atomic E-state index is 0.357. The van der Waals surface area contributed by atoms with Crippen molar-refractivity contribution in [3.05, 3.63) is 32.8 Å². The van der Waals surface area contributed by atoms with Crippen molar-refractivity contribution in [2.24, 2.45) is 5.10 Å². The van der Waals surface area contributed by atoms with Gasteiger partial charge < -0.3 is 5.32 Å². The Kier molecular flexibility index (Phi) is 5.28. The second kappa shape index (κ2) is 6.25. The highest BCUT2D eigenvalue weighted by atomic mass is 35.5. The van der Waals surface area contributed by atoms with Crippen LogP contribution in [0.3, 0.4) is 0 Å². The Morgan fingerprint density at radius 3 is 2.56 bits per heavy atom. The Hall–Kier alpha value is -0.550. The van der Waals surface area contributed by atoms with Crippen LogP contribution in [-0.2, 0) is 0 Å². The maximum absolute atomic E-state index is 5.96. The molecule has 0 unspecified atom stereocenters. The van der Waals surface area contributed by atoms with Crippen molar-refractivity contribution in [3.63, 3.8) is 0 Å². The second-order valence-electron chi connectivity index (χ2n) is 2.71. The lowest BCUT2D eigenvalue weighted by atomic mass is 10.2. The largest absolute Gasteiger partial charge is 0.364 e. The summed E-state index contributed by atoms with van der Waals surface area (Å²) in [5, 5.41) is 8.21. The van der Waals surface area contributed by atoms with Gasteiger partial charge in [-0.1, -0.05) is 34.8 Å². The SMILES string of the molecule is CNC(=S)N/N=C/c1c(Cl)ccc(Cl)c1Cl. The van der Waals surface area contributed by atoms with Crippen LogP contribution < -0.4 is 10.7 Å². The predicted molar refractivity (Wildman–Crippen MR) is 73.9 cm³/mol. The van der Waals surface area contributed by atoms with Gasteiger partial charge in [0.1, 0.15) is 0 Å². The number of hydrogen-bond acceptors (Lipinski definition) is 2. The molecular formula is C9H8Cl3N3S. The fraction of sp³-hybridized carbons (Fsp3) is 0.111. The van der Waals surface area contributed by atoms with Gasteiger partial charge in [-0.2, -0.15) is 5.10 Å². The van der Waals surface area contributed by atoms with E-state index in [1.807, 2.05) is 0 Å². The number of hydrogen-bond donors (Lipinski definition) is 2. The molecule has 16 heavy (non-hydrogen) atoms. The summed E-state index contributed by atoms with van der Waals surface area (Å²) in [5.41, 5.74) is 3.13. The molecule has 1 rings (SSSR count). The quantitative estimate of drug-likeness (QED) is 0.381. The number of thiocarbonyl (C=S) groups is 1. The summed E-state index contributed by atoms with van der Waals surface area (Å²) in [6.07, 6.45) is 1.46. The number of rotatable bonds is 2. The average molecular weight is 297 g/mol. The van der Waals surface area contributed by atoms with Crippen LogP contribution in [0.4, 0.5) is 0 Å². The third-order valence-corrected chi connectivity index (χ3v) is 3.11. The fourth-order valence-electron chi connectivity index (χ4n) is 0.872. The van der Waals surface area contributed by atoms with Crippen molar-refractivity contribution in [2.75, 3.05) is 7.05 Å². The van der Waals surface area contributed by atoms with Gasteiger partial charge in [-0.05, 0) is 24.4 Å². The van der Waals surface area contributed by atoms with E-state index in [-0.39, 0.29) is 0 Å². The van der Waals surface area contributed by atoms with E-state index < -0.39 is 0 Å². The molecule has 3 nitrogen and oxygen atoms in total. The molecule has 0 saturated heterocycles. The summed E-state index contributed by atoms with van der Waals surface area (Å²) in [6, 6.07) is 3.27. The zero-order valence-electron chi connectivity index (χ0n) is 8.22. The highest BCUT2D eigenvalue weighted by molar-refractivity contribution is 7.80. The summed E-state index contributed by atoms with van der Waals surface area (Å²) in [4.78, 5) is 0. The van der Waals surface area contributed by atoms with E-state index in [4.69, 9.17) is 47.0 Å². The van der Waals surface area contributed by atoms with Gasteiger partial charge in [0.05, 0.1) is 21.3 Å². The van der Waals surface area contributed by atoms with Gasteiger partial charge in [0.2, 0.25) is 0 Å². The molecule has 2 N–H and O–H groups in total. The van der Waals surface area contributed by atoms with Crippen LogP contribution in [0.5, 0.6) is 0 Å². The molecule has 0 spiro atoms. The maximum Gasteiger partial charge on any atom is 0.186 e. The monoisotopic (exact) mass is 295 g/mol. The van der Waals surface area contributed by atoms with Gasteiger partial charge >= 0.3 is 0 Å². The lowest BCUT2D eigenvalue weighted by Gasteiger charge is -2.04. The zero-order valence-corrected chi connectivity index (χ0v) is 11.3. The third kappa shape index (κ3) is 3.49. The van der Waals surface area contributed by atoms with Crippen molar-refractivity contribution in [1.29, 1.82) is 0 Å². The van der Waals surface area contributed by atoms with Crippen LogP contribution in [0, 0.1) is 0 Å². The minimum absolute atomic E-state index is 0.357. The van der Waals surface area contributed by atoms with E-state index in [1.54, 1.807) is 19.2 Å². The number of nitrogens with zero attached hydrogens (tertiary/aromatic N) is 1. The Labute approximate surface area is 114 Å². The van der Waals surface area contributed by atoms with Crippen molar-refractivity contribution >= 4 is 58.3 Å². The molecule has 0 aliphatic heterocycles. The number of halogens is 3. The lowest BCUT2D eigenvalue weighted by Crippen LogP contribution is -2.28. The topological polar surface area (TPSA) is 36.4 Å². The van der Waals surface area contributed by atoms with Crippen molar-refractivity contribution in [2.45, 2.75) is 0 Å². The molecule has 0 aliphatic rings. The van der Waals surface area contributed by atoms with E-state index in [1.165, 1.54) is 6.21 Å². The van der Waals surface area contributed by atoms with E-state index in [0.717, 1.165) is 0 Å². The van der Waals surface area contributed by atoms with Crippen molar-refractivity contribution in [3.8, 4) is 0 Å². The first kappa shape index (κ1) is 13.5. The number of hydrazone groups is 1. The normalized spacial score (nSPS) is 10.5. The molecule has 86 valence electrons. The highest BCUT2D eigenvalue weighted by Crippen LogP contribution is 2.29. The van der Waals surface area contributed by atoms with Crippen LogP contribution in [0.15, 0.2) is 17.2 Å². The predicted octanol–water partition coefficient (Wildman–Crippen LogP) is 3.07. The molecule has 1 aromatic rings. The first-order valence-electron chi connectivity index (χ1n) is 4.20. The van der Waals surface area contributed by atoms with E-state index in [0.29, 0.717) is 25.7 Å². The molecule has 0 aliphatic carbocycles. The lowest BCUT2D eigenvalue weighted by molar-refractivity contribution is 0.982. The summed E-state index contributed by atoms with van der Waals surface area (Å²) in [6.45, 7) is 0. The van der Waals surface area contributed by atoms with Crippen LogP contribution >= 0.6 is 47.0 Å². The smallest absolute Gasteiger partial charge is 0.186 e. The fourth-order valence-corrected chi connectivity index (χ4v) is 1.56. The molecule has 0 bridgehead atoms. The van der Waals surface area contributed by atoms with Gasteiger partial charge in [-0.15, -0.1) is 0 Å². The van der Waals surface area contributed by atoms with E-state index >= 15 is 0 Å². The molecule has 0 saturated carbocycles. The summed E-state index contributed by atoms with van der Waals surface area (Å²) in [5.74, 6) is 0. The Balaban J connectivity index is 2.88. The molecule has 1 aromatic carbocycles. The van der Waals surface area contributed by atoms with Gasteiger partial charge in [0.15, 0.2) is 5.11 Å². The first-order valence-corrected chi connectivity index (χ1v) is 5.74. The molecule has 0 atom stereocenters. The first-order chi connectivity index (χ1) is 7.56. The summed E-state index contributed by atoms with van der Waals surface area (Å²) < 4.78 is 0. The van der Waals surface area contributed by atoms with Crippen LogP contribution in [0.25, 0.3) is 0 Å². The molecule has 0 aromatic heterocycles. The molecular weight excluding hydrogens is 289 g/mol. The van der Waals surface area contributed by atoms with Crippen molar-refractivity contribution in [1.82, 2.24) is 10.7 Å². The molecule has 0 fully saturated rings. The standard InChI is InChI=1S/C9H8Cl3N3S/c1-13-9(16)15-14-4-5-6(10)2-3-7(11)8(5)12/h2-4H,1H3,(H2,13,15,16)/b14-4+. The molecule has 7 heteroatoms. The van der Waals surface area contributed by atoms with Gasteiger partial charge in [-0.25, -0.2) is 0 Å². The van der Waals surface area contributed by atoms with E-state index in [2.05, 4.69) is 15.8 Å². The molecule has 0 radical (unpaired) electrons. The molecule has 0 amide bonds. The maximum atomic E-state index is 5.96. The van der Waals surface area contributed by atoms with Crippen LogP contribution in [0.1, 0.15) is 5.56 Å². The van der Waals surface area contributed by atoms with Gasteiger partial charge in [0, 0.05) is 12.6 Å². The summed E-state index contributed by atoms with van der Waals surface area (Å²) in [7, 11) is 1.68. The Morgan fingerprint density at radius 1 is 1.31 bits per heavy atom. The highest BCUT2D eigenvalue weighted by Gasteiger charge is 2.07. The Morgan fingerprint density at radius 2 is 1.94 bits per heavy atom. The number of benzene rings is 1. The van der Waals surface area contributed by atoms with Gasteiger partial charge in [-0.3, -0.25) is 5.43 Å². The Bertz CT molecular complexity index is 434. The summed E-state index contributed by atoms with van der Waals surface area (Å²) >= 11 is 22.6. The number of nitrogens with one attached hydrogen (secondary N) is 2. The third-order valence-electron chi connectivity index (χ3n) is 1.67. The second-order valence-corrected chi connectivity index (χ2v) is 4.31. The minimum Gasteiger partial charge on any atom is -0.364 e. The van der Waals surface area contributed by atoms with Gasteiger partial charge in [0.25, 0.3) is 0 Å². The van der Waals surface area contributed by atoms with Crippen LogP contribution in [-0.4, -0.2) is 18.4 Å². The van der Waals surface area contributed by atoms with Crippen molar-refractivity contribution < 1.29 is 0 Å². The molecule has 0 heterocycles. The van der Waals surface area contributed by atoms with E-state index in [9.17, 15) is 0 Å².